The van der Waals surface area contributed by atoms with E-state index in [-0.39, 0.29) is 17.9 Å². The van der Waals surface area contributed by atoms with E-state index in [4.69, 9.17) is 0 Å². The standard InChI is InChI=1S/C25H35N7O2/c1-15(23(33)26-5)16(2)28-24(34)25(4)12-10-20(11-13-25)27-17(3)18-6-8-21-19(14-18)7-9-22-29-30-31-32(21)22/h6,8,14,17,20,27H,7,9-13H2,1-5H3,(H,26,33)(H,28,34). The molecular weight excluding hydrogens is 430 g/mol. The Labute approximate surface area is 200 Å². The number of nitrogens with one attached hydrogen (secondary N) is 3. The van der Waals surface area contributed by atoms with Gasteiger partial charge in [-0.2, -0.15) is 4.68 Å². The maximum Gasteiger partial charge on any atom is 0.248 e. The third-order valence-corrected chi connectivity index (χ3v) is 7.54. The van der Waals surface area contributed by atoms with Crippen molar-refractivity contribution < 1.29 is 9.59 Å². The molecule has 1 unspecified atom stereocenters. The first-order valence-corrected chi connectivity index (χ1v) is 12.1. The molecule has 1 fully saturated rings. The van der Waals surface area contributed by atoms with Gasteiger partial charge >= 0.3 is 0 Å². The molecule has 2 amide bonds. The Morgan fingerprint density at radius 2 is 1.91 bits per heavy atom. The van der Waals surface area contributed by atoms with Crippen molar-refractivity contribution in [1.29, 1.82) is 0 Å². The van der Waals surface area contributed by atoms with Gasteiger partial charge in [0.05, 0.1) is 5.69 Å². The summed E-state index contributed by atoms with van der Waals surface area (Å²) < 4.78 is 1.83. The minimum atomic E-state index is -0.430. The number of rotatable bonds is 6. The molecule has 0 saturated heterocycles. The number of tetrazole rings is 1. The molecule has 9 heteroatoms. The molecule has 0 spiro atoms. The first kappa shape index (κ1) is 24.1. The van der Waals surface area contributed by atoms with Crippen molar-refractivity contribution in [3.05, 3.63) is 46.4 Å². The molecule has 2 aromatic rings. The topological polar surface area (TPSA) is 114 Å². The van der Waals surface area contributed by atoms with Gasteiger partial charge in [0.1, 0.15) is 0 Å². The van der Waals surface area contributed by atoms with Crippen molar-refractivity contribution in [3.63, 3.8) is 0 Å². The maximum atomic E-state index is 13.0. The van der Waals surface area contributed by atoms with Gasteiger partial charge in [0.15, 0.2) is 5.82 Å². The van der Waals surface area contributed by atoms with Crippen LogP contribution in [0.15, 0.2) is 29.5 Å². The number of hydrogen-bond donors (Lipinski definition) is 3. The van der Waals surface area contributed by atoms with Crippen LogP contribution in [0.1, 0.15) is 76.4 Å². The van der Waals surface area contributed by atoms with Crippen LogP contribution in [0.25, 0.3) is 5.69 Å². The molecule has 2 aliphatic rings. The van der Waals surface area contributed by atoms with Gasteiger partial charge < -0.3 is 16.0 Å². The van der Waals surface area contributed by atoms with Gasteiger partial charge in [-0.25, -0.2) is 0 Å². The lowest BCUT2D eigenvalue weighted by Gasteiger charge is -2.37. The molecule has 1 saturated carbocycles. The largest absolute Gasteiger partial charge is 0.355 e. The Kier molecular flexibility index (Phi) is 6.84. The molecule has 34 heavy (non-hydrogen) atoms. The van der Waals surface area contributed by atoms with Crippen LogP contribution in [0, 0.1) is 5.41 Å². The average Bonchev–Trinajstić information content (AvgIpc) is 3.33. The van der Waals surface area contributed by atoms with Crippen LogP contribution in [0.3, 0.4) is 0 Å². The van der Waals surface area contributed by atoms with E-state index in [1.165, 1.54) is 11.1 Å². The highest BCUT2D eigenvalue weighted by Crippen LogP contribution is 2.37. The Morgan fingerprint density at radius 3 is 2.62 bits per heavy atom. The summed E-state index contributed by atoms with van der Waals surface area (Å²) in [5.41, 5.74) is 4.31. The van der Waals surface area contributed by atoms with E-state index >= 15 is 0 Å². The van der Waals surface area contributed by atoms with Gasteiger partial charge in [0.25, 0.3) is 0 Å². The van der Waals surface area contributed by atoms with Crippen molar-refractivity contribution in [1.82, 2.24) is 36.2 Å². The van der Waals surface area contributed by atoms with Crippen LogP contribution in [-0.2, 0) is 22.4 Å². The molecule has 1 aromatic heterocycles. The Bertz CT molecular complexity index is 1110. The predicted octanol–water partition coefficient (Wildman–Crippen LogP) is 2.52. The van der Waals surface area contributed by atoms with Crippen LogP contribution < -0.4 is 16.0 Å². The van der Waals surface area contributed by atoms with E-state index in [1.807, 2.05) is 11.6 Å². The summed E-state index contributed by atoms with van der Waals surface area (Å²) in [4.78, 5) is 24.8. The van der Waals surface area contributed by atoms with E-state index < -0.39 is 5.41 Å². The summed E-state index contributed by atoms with van der Waals surface area (Å²) in [7, 11) is 1.59. The van der Waals surface area contributed by atoms with Crippen molar-refractivity contribution in [2.24, 2.45) is 5.41 Å². The number of hydrogen-bond acceptors (Lipinski definition) is 6. The lowest BCUT2D eigenvalue weighted by atomic mass is 9.73. The molecule has 1 atom stereocenters. The predicted molar refractivity (Wildman–Crippen MR) is 129 cm³/mol. The Morgan fingerprint density at radius 1 is 1.18 bits per heavy atom. The van der Waals surface area contributed by atoms with Crippen molar-refractivity contribution >= 4 is 11.8 Å². The zero-order valence-electron chi connectivity index (χ0n) is 20.7. The number of aryl methyl sites for hydroxylation is 2. The lowest BCUT2D eigenvalue weighted by molar-refractivity contribution is -0.131. The molecule has 2 heterocycles. The van der Waals surface area contributed by atoms with Gasteiger partial charge in [0.2, 0.25) is 11.8 Å². The summed E-state index contributed by atoms with van der Waals surface area (Å²) in [5.74, 6) is 0.733. The van der Waals surface area contributed by atoms with Crippen molar-refractivity contribution in [3.8, 4) is 5.69 Å². The van der Waals surface area contributed by atoms with E-state index in [9.17, 15) is 9.59 Å². The number of nitrogens with zero attached hydrogens (tertiary/aromatic N) is 4. The number of carbonyl (C=O) groups excluding carboxylic acids is 2. The van der Waals surface area contributed by atoms with E-state index in [0.717, 1.165) is 50.0 Å². The summed E-state index contributed by atoms with van der Waals surface area (Å²) in [5, 5.41) is 21.3. The summed E-state index contributed by atoms with van der Waals surface area (Å²) >= 11 is 0. The molecule has 3 N–H and O–H groups in total. The van der Waals surface area contributed by atoms with Gasteiger partial charge in [-0.1, -0.05) is 19.1 Å². The fourth-order valence-corrected chi connectivity index (χ4v) is 4.95. The summed E-state index contributed by atoms with van der Waals surface area (Å²) in [6.07, 6.45) is 5.28. The molecular formula is C25H35N7O2. The zero-order chi connectivity index (χ0) is 24.5. The van der Waals surface area contributed by atoms with Gasteiger partial charge in [0, 0.05) is 42.2 Å². The van der Waals surface area contributed by atoms with Gasteiger partial charge in [-0.15, -0.1) is 5.10 Å². The number of fused-ring (bicyclic) bond motifs is 3. The van der Waals surface area contributed by atoms with Crippen LogP contribution in [0.5, 0.6) is 0 Å². The maximum absolute atomic E-state index is 13.0. The van der Waals surface area contributed by atoms with Gasteiger partial charge in [-0.05, 0) is 80.5 Å². The number of benzene rings is 1. The second kappa shape index (κ2) is 9.66. The molecule has 1 aromatic carbocycles. The first-order valence-electron chi connectivity index (χ1n) is 12.1. The van der Waals surface area contributed by atoms with Crippen LogP contribution in [-0.4, -0.2) is 45.1 Å². The smallest absolute Gasteiger partial charge is 0.248 e. The Balaban J connectivity index is 1.34. The van der Waals surface area contributed by atoms with Crippen LogP contribution in [0.4, 0.5) is 0 Å². The average molecular weight is 466 g/mol. The van der Waals surface area contributed by atoms with E-state index in [0.29, 0.717) is 17.3 Å². The zero-order valence-corrected chi connectivity index (χ0v) is 20.7. The summed E-state index contributed by atoms with van der Waals surface area (Å²) in [6.45, 7) is 7.73. The summed E-state index contributed by atoms with van der Waals surface area (Å²) in [6, 6.07) is 7.10. The van der Waals surface area contributed by atoms with E-state index in [2.05, 4.69) is 56.6 Å². The molecule has 9 nitrogen and oxygen atoms in total. The third-order valence-electron chi connectivity index (χ3n) is 7.54. The molecule has 0 bridgehead atoms. The van der Waals surface area contributed by atoms with E-state index in [1.54, 1.807) is 20.9 Å². The highest BCUT2D eigenvalue weighted by Gasteiger charge is 2.38. The second-order valence-electron chi connectivity index (χ2n) is 9.90. The van der Waals surface area contributed by atoms with Crippen LogP contribution >= 0.6 is 0 Å². The number of allylic oxidation sites excluding steroid dienone is 1. The second-order valence-corrected chi connectivity index (χ2v) is 9.90. The van der Waals surface area contributed by atoms with Gasteiger partial charge in [-0.3, -0.25) is 9.59 Å². The Hall–Kier alpha value is -3.07. The van der Waals surface area contributed by atoms with Crippen molar-refractivity contribution in [2.75, 3.05) is 7.05 Å². The minimum Gasteiger partial charge on any atom is -0.355 e. The monoisotopic (exact) mass is 465 g/mol. The lowest BCUT2D eigenvalue weighted by Crippen LogP contribution is -2.45. The fraction of sp³-hybridized carbons (Fsp3) is 0.560. The molecule has 0 radical (unpaired) electrons. The molecule has 1 aliphatic heterocycles. The third kappa shape index (κ3) is 4.75. The molecule has 182 valence electrons. The SMILES string of the molecule is CNC(=O)C(C)=C(C)NC(=O)C1(C)CCC(NC(C)c2ccc3c(c2)CCc2nnnn2-3)CC1. The highest BCUT2D eigenvalue weighted by atomic mass is 16.2. The minimum absolute atomic E-state index is 0.00332. The number of amides is 2. The van der Waals surface area contributed by atoms with Crippen molar-refractivity contribution in [2.45, 2.75) is 78.3 Å². The molecule has 4 rings (SSSR count). The molecule has 1 aliphatic carbocycles. The van der Waals surface area contributed by atoms with Crippen LogP contribution in [0.2, 0.25) is 0 Å². The number of carbonyl (C=O) groups is 2. The fourth-order valence-electron chi connectivity index (χ4n) is 4.95. The highest BCUT2D eigenvalue weighted by molar-refractivity contribution is 5.94. The first-order chi connectivity index (χ1) is 16.2. The normalized spacial score (nSPS) is 23.3. The number of aromatic nitrogens is 4. The quantitative estimate of drug-likeness (QED) is 0.565. The number of likely N-dealkylation sites (N-methyl/N-ethyl adjacent to an activating group) is 1.